The van der Waals surface area contributed by atoms with Crippen LogP contribution in [0.15, 0.2) is 48.5 Å². The highest BCUT2D eigenvalue weighted by Gasteiger charge is 2.36. The van der Waals surface area contributed by atoms with Crippen molar-refractivity contribution in [3.8, 4) is 0 Å². The molecular weight excluding hydrogens is 351 g/mol. The molecule has 0 aromatic heterocycles. The van der Waals surface area contributed by atoms with Crippen molar-refractivity contribution in [1.82, 2.24) is 0 Å². The van der Waals surface area contributed by atoms with Crippen LogP contribution in [0.5, 0.6) is 0 Å². The number of ether oxygens (including phenoxy) is 1. The number of aryl methyl sites for hydroxylation is 1. The molecule has 0 aliphatic carbocycles. The van der Waals surface area contributed by atoms with E-state index in [1.807, 2.05) is 31.2 Å². The van der Waals surface area contributed by atoms with Crippen LogP contribution in [0.1, 0.15) is 12.0 Å². The third-order valence-corrected chi connectivity index (χ3v) is 4.36. The fraction of sp³-hybridized carbons (Fsp3) is 0.250. The molecule has 1 aliphatic rings. The van der Waals surface area contributed by atoms with Gasteiger partial charge in [-0.05, 0) is 30.7 Å². The monoisotopic (exact) mass is 370 g/mol. The van der Waals surface area contributed by atoms with Crippen molar-refractivity contribution >= 4 is 29.2 Å². The van der Waals surface area contributed by atoms with Crippen molar-refractivity contribution in [3.63, 3.8) is 0 Å². The van der Waals surface area contributed by atoms with Gasteiger partial charge in [0.2, 0.25) is 5.91 Å². The summed E-state index contributed by atoms with van der Waals surface area (Å²) in [5, 5.41) is 2.34. The fourth-order valence-corrected chi connectivity index (χ4v) is 2.97. The van der Waals surface area contributed by atoms with Crippen molar-refractivity contribution in [2.75, 3.05) is 23.4 Å². The minimum absolute atomic E-state index is 0.0142. The molecule has 1 heterocycles. The van der Waals surface area contributed by atoms with Crippen LogP contribution in [0.4, 0.5) is 15.8 Å². The van der Waals surface area contributed by atoms with Crippen LogP contribution in [-0.2, 0) is 19.1 Å². The molecule has 27 heavy (non-hydrogen) atoms. The number of halogens is 1. The molecule has 1 fully saturated rings. The minimum Gasteiger partial charge on any atom is -0.455 e. The smallest absolute Gasteiger partial charge is 0.311 e. The number of hydrogen-bond acceptors (Lipinski definition) is 4. The molecule has 7 heteroatoms. The number of esters is 1. The molecule has 0 saturated carbocycles. The highest BCUT2D eigenvalue weighted by molar-refractivity contribution is 6.00. The first kappa shape index (κ1) is 18.6. The van der Waals surface area contributed by atoms with Crippen molar-refractivity contribution in [1.29, 1.82) is 0 Å². The summed E-state index contributed by atoms with van der Waals surface area (Å²) in [6.07, 6.45) is 0.0299. The van der Waals surface area contributed by atoms with E-state index in [0.717, 1.165) is 11.3 Å². The second kappa shape index (κ2) is 7.99. The Balaban J connectivity index is 1.54. The van der Waals surface area contributed by atoms with E-state index in [9.17, 15) is 18.8 Å². The summed E-state index contributed by atoms with van der Waals surface area (Å²) < 4.78 is 18.5. The lowest BCUT2D eigenvalue weighted by Gasteiger charge is -2.18. The van der Waals surface area contributed by atoms with E-state index < -0.39 is 30.2 Å². The molecule has 3 rings (SSSR count). The molecule has 6 nitrogen and oxygen atoms in total. The van der Waals surface area contributed by atoms with E-state index in [0.29, 0.717) is 0 Å². The third-order valence-electron chi connectivity index (χ3n) is 4.36. The average Bonchev–Trinajstić information content (AvgIpc) is 3.04. The van der Waals surface area contributed by atoms with Gasteiger partial charge >= 0.3 is 5.97 Å². The van der Waals surface area contributed by atoms with Crippen molar-refractivity contribution < 1.29 is 23.5 Å². The lowest BCUT2D eigenvalue weighted by Crippen LogP contribution is -2.28. The molecular formula is C20H19FN2O4. The zero-order valence-corrected chi connectivity index (χ0v) is 14.8. The summed E-state index contributed by atoms with van der Waals surface area (Å²) >= 11 is 0. The Labute approximate surface area is 155 Å². The molecule has 0 bridgehead atoms. The topological polar surface area (TPSA) is 75.7 Å². The van der Waals surface area contributed by atoms with Crippen LogP contribution in [-0.4, -0.2) is 30.9 Å². The van der Waals surface area contributed by atoms with E-state index in [4.69, 9.17) is 4.74 Å². The number of carbonyl (C=O) groups excluding carboxylic acids is 3. The number of amides is 2. The van der Waals surface area contributed by atoms with Crippen LogP contribution in [0.25, 0.3) is 0 Å². The second-order valence-corrected chi connectivity index (χ2v) is 6.33. The maximum Gasteiger partial charge on any atom is 0.311 e. The zero-order chi connectivity index (χ0) is 19.4. The lowest BCUT2D eigenvalue weighted by molar-refractivity contribution is -0.151. The van der Waals surface area contributed by atoms with Crippen LogP contribution >= 0.6 is 0 Å². The molecule has 1 aliphatic heterocycles. The largest absolute Gasteiger partial charge is 0.455 e. The summed E-state index contributed by atoms with van der Waals surface area (Å²) in [5.41, 5.74) is 1.71. The average molecular weight is 370 g/mol. The van der Waals surface area contributed by atoms with Gasteiger partial charge in [-0.25, -0.2) is 4.39 Å². The number of nitrogens with zero attached hydrogens (tertiary/aromatic N) is 1. The maximum absolute atomic E-state index is 13.5. The van der Waals surface area contributed by atoms with Gasteiger partial charge in [-0.2, -0.15) is 0 Å². The SMILES string of the molecule is Cc1ccccc1N1C[C@H](C(=O)OCC(=O)Nc2ccccc2F)CC1=O. The first-order valence-corrected chi connectivity index (χ1v) is 8.52. The first-order chi connectivity index (χ1) is 13.0. The highest BCUT2D eigenvalue weighted by atomic mass is 19.1. The Morgan fingerprint density at radius 2 is 1.89 bits per heavy atom. The number of hydrogen-bond donors (Lipinski definition) is 1. The molecule has 2 aromatic rings. The second-order valence-electron chi connectivity index (χ2n) is 6.33. The lowest BCUT2D eigenvalue weighted by atomic mass is 10.1. The Morgan fingerprint density at radius 1 is 1.19 bits per heavy atom. The Kier molecular flexibility index (Phi) is 5.49. The molecule has 1 N–H and O–H groups in total. The summed E-state index contributed by atoms with van der Waals surface area (Å²) in [7, 11) is 0. The quantitative estimate of drug-likeness (QED) is 0.821. The van der Waals surface area contributed by atoms with Gasteiger partial charge in [0.25, 0.3) is 5.91 Å². The van der Waals surface area contributed by atoms with Gasteiger partial charge in [-0.15, -0.1) is 0 Å². The van der Waals surface area contributed by atoms with Gasteiger partial charge in [0, 0.05) is 18.7 Å². The predicted octanol–water partition coefficient (Wildman–Crippen LogP) is 2.67. The van der Waals surface area contributed by atoms with E-state index >= 15 is 0 Å². The number of anilines is 2. The summed E-state index contributed by atoms with van der Waals surface area (Å²) in [6.45, 7) is 1.56. The number of rotatable bonds is 5. The summed E-state index contributed by atoms with van der Waals surface area (Å²) in [4.78, 5) is 37.9. The van der Waals surface area contributed by atoms with Crippen molar-refractivity contribution in [2.45, 2.75) is 13.3 Å². The van der Waals surface area contributed by atoms with Crippen LogP contribution < -0.4 is 10.2 Å². The van der Waals surface area contributed by atoms with Gasteiger partial charge in [-0.3, -0.25) is 14.4 Å². The van der Waals surface area contributed by atoms with Gasteiger partial charge < -0.3 is 15.0 Å². The third kappa shape index (κ3) is 4.31. The Morgan fingerprint density at radius 3 is 2.63 bits per heavy atom. The number of benzene rings is 2. The van der Waals surface area contributed by atoms with Crippen LogP contribution in [0.2, 0.25) is 0 Å². The van der Waals surface area contributed by atoms with Gasteiger partial charge in [0.1, 0.15) is 5.82 Å². The molecule has 0 unspecified atom stereocenters. The summed E-state index contributed by atoms with van der Waals surface area (Å²) in [6, 6.07) is 13.1. The van der Waals surface area contributed by atoms with E-state index in [1.54, 1.807) is 11.0 Å². The van der Waals surface area contributed by atoms with Crippen molar-refractivity contribution in [3.05, 3.63) is 59.9 Å². The van der Waals surface area contributed by atoms with Crippen molar-refractivity contribution in [2.24, 2.45) is 5.92 Å². The molecule has 2 amide bonds. The highest BCUT2D eigenvalue weighted by Crippen LogP contribution is 2.28. The molecule has 1 saturated heterocycles. The standard InChI is InChI=1S/C20H19FN2O4/c1-13-6-2-5-9-17(13)23-11-14(10-19(23)25)20(26)27-12-18(24)22-16-8-4-3-7-15(16)21/h2-9,14H,10-12H2,1H3,(H,22,24)/t14-/m1/s1. The normalized spacial score (nSPS) is 16.3. The van der Waals surface area contributed by atoms with Gasteiger partial charge in [0.15, 0.2) is 6.61 Å². The van der Waals surface area contributed by atoms with E-state index in [1.165, 1.54) is 18.2 Å². The van der Waals surface area contributed by atoms with Crippen LogP contribution in [0, 0.1) is 18.7 Å². The van der Waals surface area contributed by atoms with Crippen LogP contribution in [0.3, 0.4) is 0 Å². The fourth-order valence-electron chi connectivity index (χ4n) is 2.97. The van der Waals surface area contributed by atoms with E-state index in [-0.39, 0.29) is 24.6 Å². The Hall–Kier alpha value is -3.22. The van der Waals surface area contributed by atoms with E-state index in [2.05, 4.69) is 5.32 Å². The first-order valence-electron chi connectivity index (χ1n) is 8.52. The van der Waals surface area contributed by atoms with Gasteiger partial charge in [0.05, 0.1) is 11.6 Å². The van der Waals surface area contributed by atoms with Gasteiger partial charge in [-0.1, -0.05) is 30.3 Å². The molecule has 140 valence electrons. The molecule has 0 spiro atoms. The number of nitrogens with one attached hydrogen (secondary N) is 1. The molecule has 2 aromatic carbocycles. The molecule has 1 atom stereocenters. The molecule has 0 radical (unpaired) electrons. The minimum atomic E-state index is -0.645. The number of carbonyl (C=O) groups is 3. The summed E-state index contributed by atoms with van der Waals surface area (Å²) in [5.74, 6) is -2.65. The maximum atomic E-state index is 13.5. The zero-order valence-electron chi connectivity index (χ0n) is 14.8. The predicted molar refractivity (Wildman–Crippen MR) is 97.6 cm³/mol. The number of para-hydroxylation sites is 2. The Bertz CT molecular complexity index is 884.